The zero-order valence-electron chi connectivity index (χ0n) is 34.9. The molecule has 0 spiro atoms. The Kier molecular flexibility index (Phi) is 17.6. The quantitative estimate of drug-likeness (QED) is 0.0895. The van der Waals surface area contributed by atoms with Crippen molar-refractivity contribution in [3.8, 4) is 0 Å². The van der Waals surface area contributed by atoms with Crippen LogP contribution in [0.2, 0.25) is 0 Å². The fourth-order valence-electron chi connectivity index (χ4n) is 7.73. The van der Waals surface area contributed by atoms with Crippen molar-refractivity contribution >= 4 is 0 Å². The first-order chi connectivity index (χ1) is 30.7. The van der Waals surface area contributed by atoms with Crippen molar-refractivity contribution in [2.75, 3.05) is 26.9 Å². The molecule has 0 saturated carbocycles. The first-order valence-corrected chi connectivity index (χ1v) is 21.1. The van der Waals surface area contributed by atoms with Crippen LogP contribution in [0.4, 0.5) is 0 Å². The summed E-state index contributed by atoms with van der Waals surface area (Å²) < 4.78 is 60.8. The Morgan fingerprint density at radius 1 is 0.397 bits per heavy atom. The van der Waals surface area contributed by atoms with Gasteiger partial charge in [0.25, 0.3) is 0 Å². The Bertz CT molecular complexity index is 1880. The number of ether oxygens (including phenoxy) is 10. The number of benzene rings is 4. The summed E-state index contributed by atoms with van der Waals surface area (Å²) in [7, 11) is 1.44. The molecule has 3 heterocycles. The molecule has 0 radical (unpaired) electrons. The summed E-state index contributed by atoms with van der Waals surface area (Å²) in [6.07, 6.45) is -21.0. The van der Waals surface area contributed by atoms with Gasteiger partial charge >= 0.3 is 0 Å². The summed E-state index contributed by atoms with van der Waals surface area (Å²) in [5.41, 5.74) is 3.32. The monoisotopic (exact) mass is 878 g/mol. The zero-order valence-corrected chi connectivity index (χ0v) is 34.9. The van der Waals surface area contributed by atoms with E-state index in [-0.39, 0.29) is 39.6 Å². The van der Waals surface area contributed by atoms with E-state index in [1.807, 2.05) is 121 Å². The van der Waals surface area contributed by atoms with Gasteiger partial charge in [-0.25, -0.2) is 0 Å². The molecule has 4 aromatic carbocycles. The van der Waals surface area contributed by atoms with E-state index in [1.165, 1.54) is 7.11 Å². The number of hydrogen-bond acceptors (Lipinski definition) is 16. The second-order valence-corrected chi connectivity index (χ2v) is 15.8. The molecule has 3 aliphatic rings. The highest BCUT2D eigenvalue weighted by Gasteiger charge is 2.50. The van der Waals surface area contributed by atoms with Crippen LogP contribution in [0, 0.1) is 0 Å². The number of aliphatic hydroxyl groups is 6. The van der Waals surface area contributed by atoms with Crippen molar-refractivity contribution < 1.29 is 78.0 Å². The lowest BCUT2D eigenvalue weighted by atomic mass is 10.0. The molecule has 0 aliphatic carbocycles. The van der Waals surface area contributed by atoms with Gasteiger partial charge in [-0.1, -0.05) is 121 Å². The highest BCUT2D eigenvalue weighted by molar-refractivity contribution is 5.16. The third kappa shape index (κ3) is 12.5. The molecule has 342 valence electrons. The van der Waals surface area contributed by atoms with Crippen molar-refractivity contribution in [1.82, 2.24) is 0 Å². The molecule has 16 nitrogen and oxygen atoms in total. The van der Waals surface area contributed by atoms with Gasteiger partial charge < -0.3 is 78.0 Å². The number of methoxy groups -OCH3 is 1. The Balaban J connectivity index is 1.05. The van der Waals surface area contributed by atoms with Gasteiger partial charge in [0.05, 0.1) is 46.2 Å². The highest BCUT2D eigenvalue weighted by atomic mass is 16.7. The standard InChI is InChI=1S/C47H58O16/c1-54-47-44(58-25-32-20-12-5-13-21-32)42(56-23-30-16-8-3-9-17-30)37(50)35(28-61-47)63-45-39(52)38(51)36(49)34(27-60-45)62-46-40(53)43(57-24-31-18-10-4-11-19-31)41(33(48)26-59-46)55-22-29-14-6-2-7-15-29/h2-21,33-53H,22-28H2,1H3. The van der Waals surface area contributed by atoms with Gasteiger partial charge in [0.1, 0.15) is 73.2 Å². The highest BCUT2D eigenvalue weighted by Crippen LogP contribution is 2.31. The van der Waals surface area contributed by atoms with Gasteiger partial charge in [-0.2, -0.15) is 0 Å². The molecular weight excluding hydrogens is 821 g/mol. The fourth-order valence-corrected chi connectivity index (χ4v) is 7.73. The van der Waals surface area contributed by atoms with Crippen LogP contribution in [0.5, 0.6) is 0 Å². The normalized spacial score (nSPS) is 34.1. The van der Waals surface area contributed by atoms with E-state index in [0.717, 1.165) is 22.3 Å². The average Bonchev–Trinajstić information content (AvgIpc) is 3.57. The smallest absolute Gasteiger partial charge is 0.186 e. The maximum absolute atomic E-state index is 12.0. The number of hydrogen-bond donors (Lipinski definition) is 6. The molecule has 0 amide bonds. The van der Waals surface area contributed by atoms with E-state index in [2.05, 4.69) is 0 Å². The van der Waals surface area contributed by atoms with Crippen LogP contribution in [0.3, 0.4) is 0 Å². The molecular formula is C47H58O16. The minimum atomic E-state index is -1.91. The molecule has 16 heteroatoms. The van der Waals surface area contributed by atoms with Crippen LogP contribution in [-0.2, 0) is 73.8 Å². The average molecular weight is 879 g/mol. The van der Waals surface area contributed by atoms with Gasteiger partial charge in [0.2, 0.25) is 0 Å². The van der Waals surface area contributed by atoms with E-state index < -0.39 is 98.7 Å². The Labute approximate surface area is 366 Å². The Morgan fingerprint density at radius 3 is 1.22 bits per heavy atom. The molecule has 6 N–H and O–H groups in total. The molecule has 15 unspecified atom stereocenters. The van der Waals surface area contributed by atoms with Gasteiger partial charge in [-0.15, -0.1) is 0 Å². The second-order valence-electron chi connectivity index (χ2n) is 15.8. The predicted octanol–water partition coefficient (Wildman–Crippen LogP) is 1.98. The SMILES string of the molecule is COC1OCC(OC2OCC(OC3OCC(O)C(OCc4ccccc4)C(OCc4ccccc4)C3O)C(O)C(O)C2O)C(O)C(OCc2ccccc2)C1OCc1ccccc1. The number of rotatable bonds is 17. The molecule has 3 fully saturated rings. The van der Waals surface area contributed by atoms with E-state index in [4.69, 9.17) is 47.4 Å². The molecule has 7 rings (SSSR count). The predicted molar refractivity (Wildman–Crippen MR) is 222 cm³/mol. The van der Waals surface area contributed by atoms with Crippen molar-refractivity contribution in [3.05, 3.63) is 144 Å². The van der Waals surface area contributed by atoms with Gasteiger partial charge in [-0.05, 0) is 22.3 Å². The van der Waals surface area contributed by atoms with Crippen LogP contribution in [-0.4, -0.2) is 150 Å². The largest absolute Gasteiger partial charge is 0.388 e. The van der Waals surface area contributed by atoms with Crippen molar-refractivity contribution in [1.29, 1.82) is 0 Å². The molecule has 15 atom stereocenters. The van der Waals surface area contributed by atoms with E-state index in [1.54, 1.807) is 0 Å². The van der Waals surface area contributed by atoms with E-state index in [0.29, 0.717) is 0 Å². The van der Waals surface area contributed by atoms with Crippen LogP contribution in [0.25, 0.3) is 0 Å². The van der Waals surface area contributed by atoms with Crippen molar-refractivity contribution in [3.63, 3.8) is 0 Å². The molecule has 0 bridgehead atoms. The lowest BCUT2D eigenvalue weighted by Gasteiger charge is -2.34. The lowest BCUT2D eigenvalue weighted by molar-refractivity contribution is -0.267. The maximum atomic E-state index is 12.0. The zero-order chi connectivity index (χ0) is 44.1. The molecule has 3 saturated heterocycles. The van der Waals surface area contributed by atoms with Gasteiger partial charge in [-0.3, -0.25) is 0 Å². The summed E-state index contributed by atoms with van der Waals surface area (Å²) in [6.45, 7) is -0.726. The summed E-state index contributed by atoms with van der Waals surface area (Å²) in [6, 6.07) is 37.3. The van der Waals surface area contributed by atoms with Crippen LogP contribution >= 0.6 is 0 Å². The summed E-state index contributed by atoms with van der Waals surface area (Å²) in [4.78, 5) is 0. The fraction of sp³-hybridized carbons (Fsp3) is 0.489. The minimum Gasteiger partial charge on any atom is -0.388 e. The van der Waals surface area contributed by atoms with Gasteiger partial charge in [0, 0.05) is 7.11 Å². The third-order valence-corrected chi connectivity index (χ3v) is 11.3. The first-order valence-electron chi connectivity index (χ1n) is 21.1. The minimum absolute atomic E-state index is 0.0478. The maximum Gasteiger partial charge on any atom is 0.186 e. The molecule has 63 heavy (non-hydrogen) atoms. The topological polar surface area (TPSA) is 214 Å². The van der Waals surface area contributed by atoms with Crippen molar-refractivity contribution in [2.24, 2.45) is 0 Å². The van der Waals surface area contributed by atoms with Crippen LogP contribution < -0.4 is 0 Å². The van der Waals surface area contributed by atoms with E-state index >= 15 is 0 Å². The van der Waals surface area contributed by atoms with Crippen LogP contribution in [0.15, 0.2) is 121 Å². The molecule has 4 aromatic rings. The molecule has 0 aromatic heterocycles. The summed E-state index contributed by atoms with van der Waals surface area (Å²) in [5, 5.41) is 69.0. The second kappa shape index (κ2) is 23.4. The van der Waals surface area contributed by atoms with Crippen molar-refractivity contribution in [2.45, 2.75) is 119 Å². The summed E-state index contributed by atoms with van der Waals surface area (Å²) >= 11 is 0. The third-order valence-electron chi connectivity index (χ3n) is 11.3. The Hall–Kier alpha value is -3.76. The molecule has 3 aliphatic heterocycles. The van der Waals surface area contributed by atoms with Crippen LogP contribution in [0.1, 0.15) is 22.3 Å². The van der Waals surface area contributed by atoms with E-state index in [9.17, 15) is 30.6 Å². The number of aliphatic hydroxyl groups excluding tert-OH is 6. The first kappa shape index (κ1) is 47.2. The summed E-state index contributed by atoms with van der Waals surface area (Å²) in [5.74, 6) is 0. The lowest BCUT2D eigenvalue weighted by Crippen LogP contribution is -2.53. The van der Waals surface area contributed by atoms with Gasteiger partial charge in [0.15, 0.2) is 18.9 Å². The Morgan fingerprint density at radius 2 is 0.762 bits per heavy atom.